The summed E-state index contributed by atoms with van der Waals surface area (Å²) in [6, 6.07) is 11.8. The number of carbonyl (C=O) groups is 3. The monoisotopic (exact) mass is 346 g/mol. The first-order valence-electron chi connectivity index (χ1n) is 7.61. The van der Waals surface area contributed by atoms with Crippen LogP contribution in [0.3, 0.4) is 0 Å². The van der Waals surface area contributed by atoms with Crippen LogP contribution in [0.1, 0.15) is 23.9 Å². The lowest BCUT2D eigenvalue weighted by molar-refractivity contribution is -0.155. The lowest BCUT2D eigenvalue weighted by atomic mass is 10.2. The maximum atomic E-state index is 12.0. The maximum absolute atomic E-state index is 12.0. The van der Waals surface area contributed by atoms with E-state index in [1.165, 1.54) is 18.4 Å². The van der Waals surface area contributed by atoms with Crippen LogP contribution >= 0.6 is 0 Å². The normalized spacial score (nSPS) is 11.2. The van der Waals surface area contributed by atoms with Gasteiger partial charge in [-0.25, -0.2) is 4.79 Å². The summed E-state index contributed by atoms with van der Waals surface area (Å²) in [5, 5.41) is 0. The number of rotatable bonds is 7. The second kappa shape index (κ2) is 9.11. The summed E-state index contributed by atoms with van der Waals surface area (Å²) in [6.45, 7) is 1.21. The number of ether oxygens (including phenoxy) is 2. The number of benzene rings is 1. The molecule has 0 saturated carbocycles. The fraction of sp³-hybridized carbons (Fsp3) is 0.235. The number of hydrogen-bond donors (Lipinski definition) is 2. The van der Waals surface area contributed by atoms with Gasteiger partial charge in [0.05, 0.1) is 6.26 Å². The topological polar surface area (TPSA) is 107 Å². The number of carbonyl (C=O) groups excluding carboxylic acids is 3. The van der Waals surface area contributed by atoms with Gasteiger partial charge in [0.1, 0.15) is 5.75 Å². The first-order valence-corrected chi connectivity index (χ1v) is 7.61. The highest BCUT2D eigenvalue weighted by Gasteiger charge is 2.21. The smallest absolute Gasteiger partial charge is 0.347 e. The van der Waals surface area contributed by atoms with Crippen molar-refractivity contribution in [2.24, 2.45) is 0 Å². The van der Waals surface area contributed by atoms with E-state index in [4.69, 9.17) is 13.9 Å². The highest BCUT2D eigenvalue weighted by atomic mass is 16.6. The van der Waals surface area contributed by atoms with Crippen LogP contribution in [-0.2, 0) is 14.3 Å². The molecule has 0 radical (unpaired) electrons. The second-order valence-electron chi connectivity index (χ2n) is 4.92. The summed E-state index contributed by atoms with van der Waals surface area (Å²) in [5.41, 5.74) is 4.25. The average molecular weight is 346 g/mol. The Morgan fingerprint density at radius 2 is 1.84 bits per heavy atom. The van der Waals surface area contributed by atoms with E-state index in [1.54, 1.807) is 31.2 Å². The van der Waals surface area contributed by atoms with Crippen molar-refractivity contribution in [2.45, 2.75) is 19.4 Å². The molecule has 8 nitrogen and oxygen atoms in total. The number of nitrogens with one attached hydrogen (secondary N) is 2. The van der Waals surface area contributed by atoms with E-state index in [9.17, 15) is 14.4 Å². The van der Waals surface area contributed by atoms with Gasteiger partial charge in [-0.15, -0.1) is 0 Å². The molecule has 0 aliphatic carbocycles. The van der Waals surface area contributed by atoms with Crippen molar-refractivity contribution in [2.75, 3.05) is 6.61 Å². The van der Waals surface area contributed by atoms with E-state index >= 15 is 0 Å². The maximum Gasteiger partial charge on any atom is 0.347 e. The highest BCUT2D eigenvalue weighted by Crippen LogP contribution is 2.13. The third-order valence-corrected chi connectivity index (χ3v) is 3.06. The largest absolute Gasteiger partial charge is 0.479 e. The van der Waals surface area contributed by atoms with Gasteiger partial charge in [-0.05, 0) is 30.7 Å². The van der Waals surface area contributed by atoms with Crippen molar-refractivity contribution in [1.29, 1.82) is 0 Å². The van der Waals surface area contributed by atoms with E-state index in [0.29, 0.717) is 12.2 Å². The number of furan rings is 1. The summed E-state index contributed by atoms with van der Waals surface area (Å²) in [5.74, 6) is -1.41. The van der Waals surface area contributed by atoms with E-state index in [-0.39, 0.29) is 5.76 Å². The molecule has 1 heterocycles. The molecule has 1 aromatic heterocycles. The van der Waals surface area contributed by atoms with Crippen LogP contribution in [0.15, 0.2) is 53.1 Å². The van der Waals surface area contributed by atoms with Crippen LogP contribution in [-0.4, -0.2) is 30.5 Å². The molecule has 0 bridgehead atoms. The Bertz CT molecular complexity index is 699. The molecule has 8 heteroatoms. The molecule has 132 valence electrons. The Morgan fingerprint density at radius 1 is 1.08 bits per heavy atom. The third kappa shape index (κ3) is 5.69. The molecule has 0 spiro atoms. The molecule has 2 rings (SSSR count). The minimum Gasteiger partial charge on any atom is -0.479 e. The van der Waals surface area contributed by atoms with Gasteiger partial charge in [0, 0.05) is 0 Å². The fourth-order valence-electron chi connectivity index (χ4n) is 1.82. The number of hydrazine groups is 1. The van der Waals surface area contributed by atoms with Crippen LogP contribution in [0.4, 0.5) is 0 Å². The number of esters is 1. The standard InChI is InChI=1S/C17H18N2O6/c1-2-13(25-12-7-4-3-5-8-12)17(22)24-11-15(20)18-19-16(21)14-9-6-10-23-14/h3-10,13H,2,11H2,1H3,(H,18,20)(H,19,21)/t13-/m1/s1. The zero-order chi connectivity index (χ0) is 18.1. The minimum atomic E-state index is -0.826. The third-order valence-electron chi connectivity index (χ3n) is 3.06. The molecule has 2 aromatic rings. The minimum absolute atomic E-state index is 0.0413. The fourth-order valence-corrected chi connectivity index (χ4v) is 1.82. The first-order chi connectivity index (χ1) is 12.1. The van der Waals surface area contributed by atoms with Gasteiger partial charge in [-0.3, -0.25) is 20.4 Å². The van der Waals surface area contributed by atoms with Crippen LogP contribution in [0.25, 0.3) is 0 Å². The van der Waals surface area contributed by atoms with Crippen LogP contribution < -0.4 is 15.6 Å². The summed E-state index contributed by atoms with van der Waals surface area (Å²) in [4.78, 5) is 35.2. The molecule has 25 heavy (non-hydrogen) atoms. The lowest BCUT2D eigenvalue weighted by Gasteiger charge is -2.16. The molecular formula is C17H18N2O6. The Morgan fingerprint density at radius 3 is 2.48 bits per heavy atom. The molecule has 2 amide bonds. The zero-order valence-electron chi connectivity index (χ0n) is 13.6. The van der Waals surface area contributed by atoms with E-state index in [1.807, 2.05) is 6.07 Å². The van der Waals surface area contributed by atoms with Gasteiger partial charge in [-0.1, -0.05) is 25.1 Å². The van der Waals surface area contributed by atoms with Crippen LogP contribution in [0.2, 0.25) is 0 Å². The van der Waals surface area contributed by atoms with E-state index < -0.39 is 30.5 Å². The molecule has 2 N–H and O–H groups in total. The van der Waals surface area contributed by atoms with E-state index in [2.05, 4.69) is 10.9 Å². The number of hydrogen-bond acceptors (Lipinski definition) is 6. The average Bonchev–Trinajstić information content (AvgIpc) is 3.17. The summed E-state index contributed by atoms with van der Waals surface area (Å²) >= 11 is 0. The quantitative estimate of drug-likeness (QED) is 0.580. The summed E-state index contributed by atoms with van der Waals surface area (Å²) < 4.78 is 15.3. The molecule has 0 saturated heterocycles. The Labute approximate surface area is 144 Å². The van der Waals surface area contributed by atoms with Crippen molar-refractivity contribution in [3.8, 4) is 5.75 Å². The predicted molar refractivity (Wildman–Crippen MR) is 86.4 cm³/mol. The van der Waals surface area contributed by atoms with Crippen molar-refractivity contribution in [3.63, 3.8) is 0 Å². The van der Waals surface area contributed by atoms with Crippen LogP contribution in [0.5, 0.6) is 5.75 Å². The zero-order valence-corrected chi connectivity index (χ0v) is 13.6. The lowest BCUT2D eigenvalue weighted by Crippen LogP contribution is -2.44. The van der Waals surface area contributed by atoms with Gasteiger partial charge in [0.25, 0.3) is 5.91 Å². The van der Waals surface area contributed by atoms with Gasteiger partial charge in [-0.2, -0.15) is 0 Å². The van der Waals surface area contributed by atoms with Gasteiger partial charge in [0.15, 0.2) is 18.5 Å². The van der Waals surface area contributed by atoms with Gasteiger partial charge in [0.2, 0.25) is 0 Å². The van der Waals surface area contributed by atoms with Crippen molar-refractivity contribution < 1.29 is 28.3 Å². The first kappa shape index (κ1) is 18.1. The Hall–Kier alpha value is -3.29. The molecule has 0 aliphatic rings. The Balaban J connectivity index is 1.74. The van der Waals surface area contributed by atoms with Crippen LogP contribution in [0, 0.1) is 0 Å². The van der Waals surface area contributed by atoms with E-state index in [0.717, 1.165) is 0 Å². The molecule has 1 aromatic carbocycles. The molecule has 0 fully saturated rings. The summed E-state index contributed by atoms with van der Waals surface area (Å²) in [6.07, 6.45) is 0.883. The van der Waals surface area contributed by atoms with Crippen molar-refractivity contribution >= 4 is 17.8 Å². The number of para-hydroxylation sites is 1. The Kier molecular flexibility index (Phi) is 6.58. The second-order valence-corrected chi connectivity index (χ2v) is 4.92. The van der Waals surface area contributed by atoms with Gasteiger partial charge < -0.3 is 13.9 Å². The molecule has 1 atom stereocenters. The molecule has 0 unspecified atom stereocenters. The van der Waals surface area contributed by atoms with Crippen molar-refractivity contribution in [3.05, 3.63) is 54.5 Å². The van der Waals surface area contributed by atoms with Gasteiger partial charge >= 0.3 is 11.9 Å². The SMILES string of the molecule is CC[C@@H](Oc1ccccc1)C(=O)OCC(=O)NNC(=O)c1ccco1. The molecule has 0 aliphatic heterocycles. The highest BCUT2D eigenvalue weighted by molar-refractivity contribution is 5.93. The number of amides is 2. The van der Waals surface area contributed by atoms with Crippen molar-refractivity contribution in [1.82, 2.24) is 10.9 Å². The predicted octanol–water partition coefficient (Wildman–Crippen LogP) is 1.44. The molecular weight excluding hydrogens is 328 g/mol. The summed E-state index contributed by atoms with van der Waals surface area (Å²) in [7, 11) is 0.